The van der Waals surface area contributed by atoms with E-state index in [0.29, 0.717) is 6.61 Å². The molecule has 0 saturated carbocycles. The summed E-state index contributed by atoms with van der Waals surface area (Å²) in [4.78, 5) is 0. The molecule has 0 spiro atoms. The van der Waals surface area contributed by atoms with Gasteiger partial charge in [0.15, 0.2) is 6.29 Å². The summed E-state index contributed by atoms with van der Waals surface area (Å²) in [5, 5.41) is 0. The van der Waals surface area contributed by atoms with Gasteiger partial charge in [-0.05, 0) is 11.6 Å². The predicted molar refractivity (Wildman–Crippen MR) is 127 cm³/mol. The van der Waals surface area contributed by atoms with Crippen LogP contribution in [0.25, 0.3) is 0 Å². The molecular formula is C26H34O6Si. The number of fused-ring (bicyclic) bond motifs is 3. The molecule has 2 aromatic carbocycles. The van der Waals surface area contributed by atoms with Crippen molar-refractivity contribution in [2.45, 2.75) is 68.6 Å². The molecule has 6 nitrogen and oxygen atoms in total. The van der Waals surface area contributed by atoms with E-state index < -0.39 is 14.4 Å². The highest BCUT2D eigenvalue weighted by atomic mass is 28.3. The van der Waals surface area contributed by atoms with E-state index in [0.717, 1.165) is 23.8 Å². The second-order valence-corrected chi connectivity index (χ2v) is 15.8. The largest absolute Gasteiger partial charge is 0.364 e. The molecule has 3 aliphatic heterocycles. The van der Waals surface area contributed by atoms with Crippen LogP contribution >= 0.6 is 0 Å². The van der Waals surface area contributed by atoms with Crippen LogP contribution in [0, 0.1) is 0 Å². The molecule has 0 aromatic heterocycles. The summed E-state index contributed by atoms with van der Waals surface area (Å²) >= 11 is 0. The molecule has 0 N–H and O–H groups in total. The normalized spacial score (nSPS) is 32.0. The molecule has 5 rings (SSSR count). The van der Waals surface area contributed by atoms with Gasteiger partial charge in [0.2, 0.25) is 0 Å². The Morgan fingerprint density at radius 2 is 1.61 bits per heavy atom. The van der Waals surface area contributed by atoms with Gasteiger partial charge in [-0.1, -0.05) is 80.3 Å². The van der Waals surface area contributed by atoms with Crippen LogP contribution in [0.15, 0.2) is 60.7 Å². The fourth-order valence-electron chi connectivity index (χ4n) is 4.51. The Bertz CT molecular complexity index is 889. The van der Waals surface area contributed by atoms with Crippen LogP contribution in [0.4, 0.5) is 0 Å². The van der Waals surface area contributed by atoms with E-state index in [1.54, 1.807) is 0 Å². The molecule has 178 valence electrons. The molecule has 0 aliphatic carbocycles. The van der Waals surface area contributed by atoms with E-state index in [-0.39, 0.29) is 43.4 Å². The molecule has 3 saturated heterocycles. The van der Waals surface area contributed by atoms with Crippen molar-refractivity contribution >= 4 is 8.07 Å². The quantitative estimate of drug-likeness (QED) is 0.229. The maximum absolute atomic E-state index is 6.51. The molecule has 3 fully saturated rings. The van der Waals surface area contributed by atoms with Crippen molar-refractivity contribution in [1.82, 2.24) is 0 Å². The highest BCUT2D eigenvalue weighted by molar-refractivity contribution is 6.76. The van der Waals surface area contributed by atoms with Gasteiger partial charge in [-0.3, -0.25) is 0 Å². The van der Waals surface area contributed by atoms with E-state index in [9.17, 15) is 0 Å². The van der Waals surface area contributed by atoms with E-state index in [2.05, 4.69) is 31.8 Å². The molecule has 7 atom stereocenters. The molecule has 0 amide bonds. The maximum atomic E-state index is 6.51. The van der Waals surface area contributed by atoms with E-state index in [4.69, 9.17) is 28.4 Å². The van der Waals surface area contributed by atoms with Gasteiger partial charge >= 0.3 is 0 Å². The van der Waals surface area contributed by atoms with E-state index in [1.807, 2.05) is 48.5 Å². The number of hydrogen-bond acceptors (Lipinski definition) is 6. The third-order valence-corrected chi connectivity index (χ3v) is 8.13. The third kappa shape index (κ3) is 5.57. The number of ether oxygens (including phenoxy) is 6. The smallest absolute Gasteiger partial charge is 0.184 e. The van der Waals surface area contributed by atoms with Crippen LogP contribution in [-0.2, 0) is 28.4 Å². The molecular weight excluding hydrogens is 436 g/mol. The Morgan fingerprint density at radius 3 is 2.33 bits per heavy atom. The molecule has 3 aliphatic rings. The monoisotopic (exact) mass is 470 g/mol. The highest BCUT2D eigenvalue weighted by Gasteiger charge is 2.62. The van der Waals surface area contributed by atoms with Crippen LogP contribution in [0.5, 0.6) is 0 Å². The van der Waals surface area contributed by atoms with Crippen molar-refractivity contribution in [2.75, 3.05) is 20.0 Å². The average Bonchev–Trinajstić information content (AvgIpc) is 3.63. The van der Waals surface area contributed by atoms with Crippen molar-refractivity contribution in [3.05, 3.63) is 71.8 Å². The average molecular weight is 471 g/mol. The lowest BCUT2D eigenvalue weighted by molar-refractivity contribution is -0.291. The van der Waals surface area contributed by atoms with E-state index >= 15 is 0 Å². The Morgan fingerprint density at radius 1 is 0.879 bits per heavy atom. The minimum Gasteiger partial charge on any atom is -0.364 e. The van der Waals surface area contributed by atoms with Crippen molar-refractivity contribution < 1.29 is 28.4 Å². The predicted octanol–water partition coefficient (Wildman–Crippen LogP) is 4.71. The first-order valence-corrected chi connectivity index (χ1v) is 15.6. The first-order valence-electron chi connectivity index (χ1n) is 11.9. The lowest BCUT2D eigenvalue weighted by Gasteiger charge is -2.41. The van der Waals surface area contributed by atoms with Gasteiger partial charge in [0.05, 0.1) is 6.61 Å². The lowest BCUT2D eigenvalue weighted by atomic mass is 9.94. The van der Waals surface area contributed by atoms with Crippen LogP contribution < -0.4 is 0 Å². The minimum absolute atomic E-state index is 0.00789. The Hall–Kier alpha value is -1.58. The highest BCUT2D eigenvalue weighted by Crippen LogP contribution is 2.47. The lowest BCUT2D eigenvalue weighted by Crippen LogP contribution is -2.53. The van der Waals surface area contributed by atoms with Crippen molar-refractivity contribution in [3.8, 4) is 0 Å². The van der Waals surface area contributed by atoms with Gasteiger partial charge in [0.25, 0.3) is 0 Å². The number of rotatable bonds is 9. The van der Waals surface area contributed by atoms with Crippen molar-refractivity contribution in [1.29, 1.82) is 0 Å². The van der Waals surface area contributed by atoms with Crippen LogP contribution in [-0.4, -0.2) is 58.6 Å². The molecule has 2 aromatic rings. The third-order valence-electron chi connectivity index (χ3n) is 6.43. The molecule has 3 heterocycles. The standard InChI is InChI=1S/C26H34O6Si/c1-33(2,3)15-14-27-17-29-21(18-10-6-4-7-11-18)23-25-24(31-25)22-20(30-23)16-28-26(32-22)19-12-8-5-9-13-19/h4-13,20-26H,14-17H2,1-3H3/t20-,21-,22-,23-,24-,25+,26-/m1/s1. The van der Waals surface area contributed by atoms with Crippen LogP contribution in [0.3, 0.4) is 0 Å². The Labute approximate surface area is 197 Å². The molecule has 7 heteroatoms. The zero-order chi connectivity index (χ0) is 22.8. The van der Waals surface area contributed by atoms with Gasteiger partial charge in [-0.25, -0.2) is 0 Å². The van der Waals surface area contributed by atoms with Gasteiger partial charge in [0, 0.05) is 20.2 Å². The molecule has 0 unspecified atom stereocenters. The fraction of sp³-hybridized carbons (Fsp3) is 0.538. The van der Waals surface area contributed by atoms with Crippen molar-refractivity contribution in [3.63, 3.8) is 0 Å². The number of epoxide rings is 1. The van der Waals surface area contributed by atoms with E-state index in [1.165, 1.54) is 0 Å². The first kappa shape index (κ1) is 23.2. The summed E-state index contributed by atoms with van der Waals surface area (Å²) in [5.41, 5.74) is 2.07. The summed E-state index contributed by atoms with van der Waals surface area (Å²) < 4.78 is 37.0. The van der Waals surface area contributed by atoms with Gasteiger partial charge in [-0.2, -0.15) is 0 Å². The summed E-state index contributed by atoms with van der Waals surface area (Å²) in [6, 6.07) is 21.3. The molecule has 0 radical (unpaired) electrons. The van der Waals surface area contributed by atoms with Gasteiger partial charge in [-0.15, -0.1) is 0 Å². The van der Waals surface area contributed by atoms with Crippen molar-refractivity contribution in [2.24, 2.45) is 0 Å². The Kier molecular flexibility index (Phi) is 6.99. The second-order valence-electron chi connectivity index (χ2n) is 10.2. The van der Waals surface area contributed by atoms with Gasteiger partial charge in [0.1, 0.15) is 43.4 Å². The Balaban J connectivity index is 1.24. The van der Waals surface area contributed by atoms with Crippen LogP contribution in [0.1, 0.15) is 23.5 Å². The summed E-state index contributed by atoms with van der Waals surface area (Å²) in [6.07, 6.45) is -1.31. The summed E-state index contributed by atoms with van der Waals surface area (Å²) in [6.45, 7) is 8.45. The topological polar surface area (TPSA) is 58.7 Å². The zero-order valence-corrected chi connectivity index (χ0v) is 20.6. The first-order chi connectivity index (χ1) is 16.0. The number of benzene rings is 2. The zero-order valence-electron chi connectivity index (χ0n) is 19.6. The van der Waals surface area contributed by atoms with Crippen LogP contribution in [0.2, 0.25) is 25.7 Å². The maximum Gasteiger partial charge on any atom is 0.184 e. The summed E-state index contributed by atoms with van der Waals surface area (Å²) in [5.74, 6) is 0. The van der Waals surface area contributed by atoms with Gasteiger partial charge < -0.3 is 28.4 Å². The second kappa shape index (κ2) is 9.96. The number of hydrogen-bond donors (Lipinski definition) is 0. The summed E-state index contributed by atoms with van der Waals surface area (Å²) in [7, 11) is -1.14. The molecule has 0 bridgehead atoms. The fourth-order valence-corrected chi connectivity index (χ4v) is 5.26. The molecule has 33 heavy (non-hydrogen) atoms. The SMILES string of the molecule is C[Si](C)(C)CCOCO[C@H](c1ccccc1)[C@H]1O[C@@H]2CO[C@@H](c3ccccc3)O[C@H]2[C@H]2O[C@H]21. The minimum atomic E-state index is -1.14.